The van der Waals surface area contributed by atoms with Gasteiger partial charge in [-0.3, -0.25) is 0 Å². The first-order valence-corrected chi connectivity index (χ1v) is 7.23. The number of benzene rings is 1. The van der Waals surface area contributed by atoms with Gasteiger partial charge in [-0.1, -0.05) is 13.0 Å². The largest absolute Gasteiger partial charge is 0.493 e. The number of halogens is 1. The highest BCUT2D eigenvalue weighted by molar-refractivity contribution is 14.0. The SMILES string of the molecule is CCCOc1ccc(CN=C(N)NC(C)(C)C)cc1OC.I. The summed E-state index contributed by atoms with van der Waals surface area (Å²) < 4.78 is 11.0. The van der Waals surface area contributed by atoms with Gasteiger partial charge in [0.25, 0.3) is 0 Å². The average Bonchev–Trinajstić information content (AvgIpc) is 2.41. The molecule has 5 nitrogen and oxygen atoms in total. The molecule has 0 aliphatic heterocycles. The molecule has 0 radical (unpaired) electrons. The summed E-state index contributed by atoms with van der Waals surface area (Å²) in [6.45, 7) is 9.37. The Hall–Kier alpha value is -1.18. The summed E-state index contributed by atoms with van der Waals surface area (Å²) in [6, 6.07) is 5.81. The number of nitrogens with zero attached hydrogens (tertiary/aromatic N) is 1. The van der Waals surface area contributed by atoms with Crippen LogP contribution in [-0.2, 0) is 6.54 Å². The summed E-state index contributed by atoms with van der Waals surface area (Å²) in [6.07, 6.45) is 0.963. The van der Waals surface area contributed by atoms with E-state index in [9.17, 15) is 0 Å². The highest BCUT2D eigenvalue weighted by Crippen LogP contribution is 2.28. The Morgan fingerprint density at radius 1 is 1.27 bits per heavy atom. The monoisotopic (exact) mass is 421 g/mol. The maximum Gasteiger partial charge on any atom is 0.189 e. The predicted octanol–water partition coefficient (Wildman–Crippen LogP) is 3.30. The minimum Gasteiger partial charge on any atom is -0.493 e. The van der Waals surface area contributed by atoms with Crippen molar-refractivity contribution in [1.29, 1.82) is 0 Å². The van der Waals surface area contributed by atoms with Crippen LogP contribution in [-0.4, -0.2) is 25.2 Å². The topological polar surface area (TPSA) is 68.9 Å². The van der Waals surface area contributed by atoms with Crippen LogP contribution < -0.4 is 20.5 Å². The molecule has 1 rings (SSSR count). The van der Waals surface area contributed by atoms with E-state index >= 15 is 0 Å². The fourth-order valence-corrected chi connectivity index (χ4v) is 1.74. The number of hydrogen-bond donors (Lipinski definition) is 2. The Kier molecular flexibility index (Phi) is 9.24. The molecule has 22 heavy (non-hydrogen) atoms. The van der Waals surface area contributed by atoms with Crippen molar-refractivity contribution in [3.63, 3.8) is 0 Å². The Morgan fingerprint density at radius 2 is 1.95 bits per heavy atom. The third kappa shape index (κ3) is 7.72. The smallest absolute Gasteiger partial charge is 0.189 e. The predicted molar refractivity (Wildman–Crippen MR) is 102 cm³/mol. The van der Waals surface area contributed by atoms with Crippen LogP contribution in [0.25, 0.3) is 0 Å². The highest BCUT2D eigenvalue weighted by Gasteiger charge is 2.10. The van der Waals surface area contributed by atoms with Gasteiger partial charge in [0.1, 0.15) is 0 Å². The molecule has 1 aromatic rings. The molecule has 0 aliphatic rings. The fraction of sp³-hybridized carbons (Fsp3) is 0.562. The van der Waals surface area contributed by atoms with E-state index in [0.717, 1.165) is 23.5 Å². The van der Waals surface area contributed by atoms with Gasteiger partial charge < -0.3 is 20.5 Å². The summed E-state index contributed by atoms with van der Waals surface area (Å²) in [4.78, 5) is 4.33. The highest BCUT2D eigenvalue weighted by atomic mass is 127. The van der Waals surface area contributed by atoms with E-state index in [1.807, 2.05) is 39.0 Å². The molecule has 126 valence electrons. The van der Waals surface area contributed by atoms with Gasteiger partial charge in [-0.05, 0) is 44.9 Å². The first kappa shape index (κ1) is 20.8. The lowest BCUT2D eigenvalue weighted by atomic mass is 10.1. The zero-order chi connectivity index (χ0) is 15.9. The first-order chi connectivity index (χ1) is 9.85. The maximum atomic E-state index is 5.86. The number of rotatable bonds is 6. The van der Waals surface area contributed by atoms with Gasteiger partial charge in [-0.15, -0.1) is 24.0 Å². The number of guanidine groups is 1. The van der Waals surface area contributed by atoms with Gasteiger partial charge in [-0.25, -0.2) is 4.99 Å². The minimum atomic E-state index is -0.0941. The van der Waals surface area contributed by atoms with Gasteiger partial charge in [0, 0.05) is 5.54 Å². The van der Waals surface area contributed by atoms with Crippen molar-refractivity contribution in [1.82, 2.24) is 5.32 Å². The zero-order valence-electron chi connectivity index (χ0n) is 14.1. The molecule has 0 amide bonds. The standard InChI is InChI=1S/C16H27N3O2.HI/c1-6-9-21-13-8-7-12(10-14(13)20-5)11-18-15(17)19-16(2,3)4;/h7-8,10H,6,9,11H2,1-5H3,(H3,17,18,19);1H. The van der Waals surface area contributed by atoms with E-state index in [1.165, 1.54) is 0 Å². The van der Waals surface area contributed by atoms with Crippen LogP contribution in [0, 0.1) is 0 Å². The Balaban J connectivity index is 0.00000441. The van der Waals surface area contributed by atoms with E-state index in [2.05, 4.69) is 17.2 Å². The number of methoxy groups -OCH3 is 1. The van der Waals surface area contributed by atoms with Crippen LogP contribution in [0.3, 0.4) is 0 Å². The second-order valence-corrected chi connectivity index (χ2v) is 5.91. The molecule has 6 heteroatoms. The van der Waals surface area contributed by atoms with Crippen LogP contribution >= 0.6 is 24.0 Å². The summed E-state index contributed by atoms with van der Waals surface area (Å²) in [5.74, 6) is 1.92. The molecule has 0 fully saturated rings. The lowest BCUT2D eigenvalue weighted by Gasteiger charge is -2.21. The second kappa shape index (κ2) is 9.76. The molecule has 0 bridgehead atoms. The third-order valence-corrected chi connectivity index (χ3v) is 2.62. The van der Waals surface area contributed by atoms with Gasteiger partial charge >= 0.3 is 0 Å². The van der Waals surface area contributed by atoms with Crippen LogP contribution in [0.2, 0.25) is 0 Å². The third-order valence-electron chi connectivity index (χ3n) is 2.62. The number of ether oxygens (including phenoxy) is 2. The Morgan fingerprint density at radius 3 is 2.50 bits per heavy atom. The van der Waals surface area contributed by atoms with Crippen LogP contribution in [0.1, 0.15) is 39.7 Å². The number of nitrogens with one attached hydrogen (secondary N) is 1. The molecule has 1 aromatic carbocycles. The molecule has 0 aliphatic carbocycles. The van der Waals surface area contributed by atoms with Crippen molar-refractivity contribution in [2.75, 3.05) is 13.7 Å². The number of hydrogen-bond acceptors (Lipinski definition) is 3. The van der Waals surface area contributed by atoms with Crippen molar-refractivity contribution < 1.29 is 9.47 Å². The van der Waals surface area contributed by atoms with Crippen molar-refractivity contribution in [2.24, 2.45) is 10.7 Å². The molecule has 0 heterocycles. The molecular weight excluding hydrogens is 393 g/mol. The van der Waals surface area contributed by atoms with Crippen molar-refractivity contribution in [2.45, 2.75) is 46.2 Å². The molecule has 0 atom stereocenters. The summed E-state index contributed by atoms with van der Waals surface area (Å²) in [7, 11) is 1.64. The van der Waals surface area contributed by atoms with Crippen LogP contribution in [0.4, 0.5) is 0 Å². The number of nitrogens with two attached hydrogens (primary N) is 1. The molecular formula is C16H28IN3O2. The van der Waals surface area contributed by atoms with Crippen LogP contribution in [0.15, 0.2) is 23.2 Å². The van der Waals surface area contributed by atoms with E-state index in [-0.39, 0.29) is 29.5 Å². The molecule has 0 aromatic heterocycles. The molecule has 0 saturated carbocycles. The summed E-state index contributed by atoms with van der Waals surface area (Å²) in [5.41, 5.74) is 6.79. The van der Waals surface area contributed by atoms with Crippen molar-refractivity contribution in [3.8, 4) is 11.5 Å². The van der Waals surface area contributed by atoms with Crippen LogP contribution in [0.5, 0.6) is 11.5 Å². The zero-order valence-corrected chi connectivity index (χ0v) is 16.4. The quantitative estimate of drug-likeness (QED) is 0.420. The van der Waals surface area contributed by atoms with E-state index in [1.54, 1.807) is 7.11 Å². The van der Waals surface area contributed by atoms with E-state index in [4.69, 9.17) is 15.2 Å². The molecule has 0 saturated heterocycles. The fourth-order valence-electron chi connectivity index (χ4n) is 1.74. The average molecular weight is 421 g/mol. The minimum absolute atomic E-state index is 0. The van der Waals surface area contributed by atoms with E-state index in [0.29, 0.717) is 19.1 Å². The normalized spacial score (nSPS) is 11.6. The molecule has 3 N–H and O–H groups in total. The molecule has 0 unspecified atom stereocenters. The summed E-state index contributed by atoms with van der Waals surface area (Å²) >= 11 is 0. The maximum absolute atomic E-state index is 5.86. The molecule has 0 spiro atoms. The summed E-state index contributed by atoms with van der Waals surface area (Å²) in [5, 5.41) is 3.13. The second-order valence-electron chi connectivity index (χ2n) is 5.91. The van der Waals surface area contributed by atoms with Crippen molar-refractivity contribution in [3.05, 3.63) is 23.8 Å². The van der Waals surface area contributed by atoms with Gasteiger partial charge in [0.05, 0.1) is 20.3 Å². The van der Waals surface area contributed by atoms with Gasteiger partial charge in [0.2, 0.25) is 0 Å². The number of aliphatic imine (C=N–C) groups is 1. The van der Waals surface area contributed by atoms with Gasteiger partial charge in [0.15, 0.2) is 17.5 Å². The van der Waals surface area contributed by atoms with Crippen molar-refractivity contribution >= 4 is 29.9 Å². The van der Waals surface area contributed by atoms with E-state index < -0.39 is 0 Å². The lowest BCUT2D eigenvalue weighted by Crippen LogP contribution is -2.44. The first-order valence-electron chi connectivity index (χ1n) is 7.23. The Bertz CT molecular complexity index is 485. The lowest BCUT2D eigenvalue weighted by molar-refractivity contribution is 0.294. The Labute approximate surface area is 150 Å². The van der Waals surface area contributed by atoms with Gasteiger partial charge in [-0.2, -0.15) is 0 Å².